The first-order valence-corrected chi connectivity index (χ1v) is 8.30. The summed E-state index contributed by atoms with van der Waals surface area (Å²) in [6.07, 6.45) is 12.6. The summed E-state index contributed by atoms with van der Waals surface area (Å²) in [5, 5.41) is 3.26. The third kappa shape index (κ3) is 3.03. The number of nitrogens with zero attached hydrogens (tertiary/aromatic N) is 4. The van der Waals surface area contributed by atoms with Crippen molar-refractivity contribution in [1.29, 1.82) is 0 Å². The minimum atomic E-state index is 0.175. The van der Waals surface area contributed by atoms with Gasteiger partial charge in [0.15, 0.2) is 5.82 Å². The van der Waals surface area contributed by atoms with Crippen molar-refractivity contribution in [2.24, 2.45) is 5.73 Å². The van der Waals surface area contributed by atoms with Gasteiger partial charge in [-0.05, 0) is 42.9 Å². The maximum Gasteiger partial charge on any atom is 0.227 e. The summed E-state index contributed by atoms with van der Waals surface area (Å²) < 4.78 is 0. The van der Waals surface area contributed by atoms with Crippen molar-refractivity contribution in [2.45, 2.75) is 31.2 Å². The van der Waals surface area contributed by atoms with Crippen molar-refractivity contribution in [3.8, 4) is 12.3 Å². The van der Waals surface area contributed by atoms with E-state index in [-0.39, 0.29) is 6.04 Å². The van der Waals surface area contributed by atoms with Crippen LogP contribution in [0.3, 0.4) is 0 Å². The summed E-state index contributed by atoms with van der Waals surface area (Å²) in [6.45, 7) is 1.63. The Morgan fingerprint density at radius 1 is 1.29 bits per heavy atom. The van der Waals surface area contributed by atoms with E-state index in [1.165, 1.54) is 18.4 Å². The second kappa shape index (κ2) is 6.10. The van der Waals surface area contributed by atoms with Gasteiger partial charge in [-0.2, -0.15) is 4.98 Å². The number of nitrogens with one attached hydrogen (secondary N) is 1. The fourth-order valence-electron chi connectivity index (χ4n) is 3.00. The van der Waals surface area contributed by atoms with E-state index in [0.29, 0.717) is 23.2 Å². The molecule has 6 heteroatoms. The lowest BCUT2D eigenvalue weighted by atomic mass is 10.2. The fraction of sp³-hybridized carbons (Fsp3) is 0.389. The van der Waals surface area contributed by atoms with Crippen LogP contribution in [-0.2, 0) is 0 Å². The molecule has 1 aliphatic heterocycles. The second-order valence-electron chi connectivity index (χ2n) is 6.45. The number of pyridine rings is 1. The van der Waals surface area contributed by atoms with Gasteiger partial charge >= 0.3 is 0 Å². The van der Waals surface area contributed by atoms with E-state index in [4.69, 9.17) is 12.2 Å². The van der Waals surface area contributed by atoms with Gasteiger partial charge in [-0.1, -0.05) is 5.92 Å². The lowest BCUT2D eigenvalue weighted by Gasteiger charge is -2.17. The Morgan fingerprint density at radius 2 is 2.17 bits per heavy atom. The maximum atomic E-state index is 5.98. The van der Waals surface area contributed by atoms with E-state index in [0.717, 1.165) is 25.3 Å². The Balaban J connectivity index is 1.61. The second-order valence-corrected chi connectivity index (χ2v) is 6.45. The van der Waals surface area contributed by atoms with Gasteiger partial charge in [0, 0.05) is 25.3 Å². The summed E-state index contributed by atoms with van der Waals surface area (Å²) in [5.74, 6) is 5.34. The Morgan fingerprint density at radius 3 is 2.88 bits per heavy atom. The Labute approximate surface area is 141 Å². The molecule has 2 fully saturated rings. The average Bonchev–Trinajstić information content (AvgIpc) is 3.36. The molecule has 1 unspecified atom stereocenters. The van der Waals surface area contributed by atoms with Crippen molar-refractivity contribution in [1.82, 2.24) is 15.0 Å². The smallest absolute Gasteiger partial charge is 0.227 e. The first-order valence-electron chi connectivity index (χ1n) is 8.30. The van der Waals surface area contributed by atoms with Crippen molar-refractivity contribution >= 4 is 17.6 Å². The number of anilines is 3. The normalized spacial score (nSPS) is 20.0. The third-order valence-electron chi connectivity index (χ3n) is 4.52. The number of hydrogen-bond acceptors (Lipinski definition) is 6. The molecule has 1 saturated heterocycles. The first-order chi connectivity index (χ1) is 11.7. The van der Waals surface area contributed by atoms with Crippen LogP contribution in [0, 0.1) is 12.3 Å². The number of rotatable bonds is 4. The molecule has 4 rings (SSSR count). The SMILES string of the molecule is C#Cc1cnc(N2CCC(N)C2)nc1Nc1cc(C2CC2)ccn1. The lowest BCUT2D eigenvalue weighted by Crippen LogP contribution is -2.27. The van der Waals surface area contributed by atoms with Crippen molar-refractivity contribution < 1.29 is 0 Å². The highest BCUT2D eigenvalue weighted by atomic mass is 15.3. The van der Waals surface area contributed by atoms with Crippen LogP contribution in [0.5, 0.6) is 0 Å². The van der Waals surface area contributed by atoms with E-state index in [1.54, 1.807) is 6.20 Å². The van der Waals surface area contributed by atoms with Gasteiger partial charge in [0.1, 0.15) is 5.82 Å². The summed E-state index contributed by atoms with van der Waals surface area (Å²) >= 11 is 0. The van der Waals surface area contributed by atoms with E-state index >= 15 is 0 Å². The van der Waals surface area contributed by atoms with E-state index in [9.17, 15) is 0 Å². The molecule has 122 valence electrons. The van der Waals surface area contributed by atoms with Crippen LogP contribution in [-0.4, -0.2) is 34.1 Å². The summed E-state index contributed by atoms with van der Waals surface area (Å²) in [4.78, 5) is 15.5. The summed E-state index contributed by atoms with van der Waals surface area (Å²) in [6, 6.07) is 4.32. The molecule has 0 bridgehead atoms. The van der Waals surface area contributed by atoms with Gasteiger partial charge in [-0.15, -0.1) is 6.42 Å². The molecule has 1 saturated carbocycles. The molecule has 6 nitrogen and oxygen atoms in total. The zero-order valence-electron chi connectivity index (χ0n) is 13.4. The molecule has 1 atom stereocenters. The van der Waals surface area contributed by atoms with E-state index in [1.807, 2.05) is 6.20 Å². The molecular formula is C18H20N6. The van der Waals surface area contributed by atoms with Crippen molar-refractivity contribution in [3.05, 3.63) is 35.7 Å². The maximum absolute atomic E-state index is 5.98. The van der Waals surface area contributed by atoms with E-state index in [2.05, 4.69) is 43.2 Å². The molecule has 0 radical (unpaired) electrons. The van der Waals surface area contributed by atoms with Crippen LogP contribution in [0.4, 0.5) is 17.6 Å². The standard InChI is InChI=1S/C18H20N6/c1-2-12-10-21-18(24-8-6-15(19)11-24)23-17(12)22-16-9-14(5-7-20-16)13-3-4-13/h1,5,7,9-10,13,15H,3-4,6,8,11,19H2,(H,20,21,22,23). The molecule has 0 spiro atoms. The molecule has 2 aromatic heterocycles. The zero-order valence-corrected chi connectivity index (χ0v) is 13.4. The van der Waals surface area contributed by atoms with Crippen LogP contribution in [0.2, 0.25) is 0 Å². The molecule has 24 heavy (non-hydrogen) atoms. The lowest BCUT2D eigenvalue weighted by molar-refractivity contribution is 0.750. The number of terminal acetylenes is 1. The third-order valence-corrected chi connectivity index (χ3v) is 4.52. The largest absolute Gasteiger partial charge is 0.339 e. The first kappa shape index (κ1) is 14.9. The Bertz CT molecular complexity index is 792. The van der Waals surface area contributed by atoms with Gasteiger partial charge in [0.05, 0.1) is 11.8 Å². The van der Waals surface area contributed by atoms with Gasteiger partial charge in [-0.3, -0.25) is 0 Å². The van der Waals surface area contributed by atoms with Gasteiger partial charge in [0.2, 0.25) is 5.95 Å². The van der Waals surface area contributed by atoms with Gasteiger partial charge in [-0.25, -0.2) is 9.97 Å². The van der Waals surface area contributed by atoms with Crippen LogP contribution in [0.15, 0.2) is 24.5 Å². The Hall–Kier alpha value is -2.65. The summed E-state index contributed by atoms with van der Waals surface area (Å²) in [7, 11) is 0. The zero-order chi connectivity index (χ0) is 16.5. The molecule has 2 aliphatic rings. The molecule has 2 aromatic rings. The van der Waals surface area contributed by atoms with Crippen LogP contribution in [0.1, 0.15) is 36.3 Å². The minimum absolute atomic E-state index is 0.175. The monoisotopic (exact) mass is 320 g/mol. The Kier molecular flexibility index (Phi) is 3.79. The number of hydrogen-bond donors (Lipinski definition) is 2. The predicted octanol–water partition coefficient (Wildman–Crippen LogP) is 2.01. The predicted molar refractivity (Wildman–Crippen MR) is 94.3 cm³/mol. The highest BCUT2D eigenvalue weighted by Gasteiger charge is 2.24. The van der Waals surface area contributed by atoms with Crippen molar-refractivity contribution in [3.63, 3.8) is 0 Å². The molecule has 1 aliphatic carbocycles. The van der Waals surface area contributed by atoms with Gasteiger partial charge in [0.25, 0.3) is 0 Å². The molecule has 3 N–H and O–H groups in total. The number of aromatic nitrogens is 3. The summed E-state index contributed by atoms with van der Waals surface area (Å²) in [5.41, 5.74) is 7.92. The van der Waals surface area contributed by atoms with Crippen molar-refractivity contribution in [2.75, 3.05) is 23.3 Å². The highest BCUT2D eigenvalue weighted by molar-refractivity contribution is 5.62. The van der Waals surface area contributed by atoms with Crippen LogP contribution >= 0.6 is 0 Å². The quantitative estimate of drug-likeness (QED) is 0.839. The van der Waals surface area contributed by atoms with E-state index < -0.39 is 0 Å². The van der Waals surface area contributed by atoms with Gasteiger partial charge < -0.3 is 16.0 Å². The molecule has 0 amide bonds. The molecule has 0 aromatic carbocycles. The fourth-order valence-corrected chi connectivity index (χ4v) is 3.00. The molecule has 3 heterocycles. The number of nitrogens with two attached hydrogens (primary N) is 1. The average molecular weight is 320 g/mol. The highest BCUT2D eigenvalue weighted by Crippen LogP contribution is 2.40. The molecular weight excluding hydrogens is 300 g/mol. The van der Waals surface area contributed by atoms with Crippen LogP contribution in [0.25, 0.3) is 0 Å². The topological polar surface area (TPSA) is 80.0 Å². The van der Waals surface area contributed by atoms with Crippen LogP contribution < -0.4 is 16.0 Å². The minimum Gasteiger partial charge on any atom is -0.339 e.